The van der Waals surface area contributed by atoms with Crippen LogP contribution in [0.4, 0.5) is 0 Å². The Morgan fingerprint density at radius 2 is 2.33 bits per heavy atom. The molecule has 1 aromatic rings. The van der Waals surface area contributed by atoms with E-state index in [1.165, 1.54) is 13.3 Å². The van der Waals surface area contributed by atoms with Crippen LogP contribution in [-0.2, 0) is 26.0 Å². The van der Waals surface area contributed by atoms with E-state index in [0.29, 0.717) is 18.7 Å². The number of aromatic amines is 1. The number of nitrogens with zero attached hydrogens (tertiary/aromatic N) is 2. The zero-order valence-electron chi connectivity index (χ0n) is 10.2. The van der Waals surface area contributed by atoms with Crippen LogP contribution in [0.5, 0.6) is 0 Å². The molecule has 0 saturated heterocycles. The Balaban J connectivity index is 2.35. The van der Waals surface area contributed by atoms with Crippen LogP contribution in [0.15, 0.2) is 6.33 Å². The largest absolute Gasteiger partial charge is 0.468 e. The van der Waals surface area contributed by atoms with Crippen LogP contribution in [0.3, 0.4) is 0 Å². The van der Waals surface area contributed by atoms with Gasteiger partial charge in [-0.3, -0.25) is 9.89 Å². The molecule has 18 heavy (non-hydrogen) atoms. The molecule has 1 heterocycles. The van der Waals surface area contributed by atoms with Gasteiger partial charge in [0.1, 0.15) is 12.2 Å². The van der Waals surface area contributed by atoms with Crippen LogP contribution >= 0.6 is 0 Å². The van der Waals surface area contributed by atoms with E-state index in [1.54, 1.807) is 0 Å². The lowest BCUT2D eigenvalue weighted by molar-refractivity contribution is -0.139. The van der Waals surface area contributed by atoms with Gasteiger partial charge in [0, 0.05) is 13.0 Å². The molecule has 0 aliphatic carbocycles. The summed E-state index contributed by atoms with van der Waals surface area (Å²) in [6.45, 7) is 1.51. The maximum absolute atomic E-state index is 11.6. The number of nitrogens with one attached hydrogen (secondary N) is 2. The van der Waals surface area contributed by atoms with Crippen molar-refractivity contribution in [3.63, 3.8) is 0 Å². The van der Waals surface area contributed by atoms with Crippen molar-refractivity contribution in [2.24, 2.45) is 0 Å². The molecule has 0 spiro atoms. The molecule has 0 amide bonds. The van der Waals surface area contributed by atoms with Crippen LogP contribution in [0, 0.1) is 0 Å². The van der Waals surface area contributed by atoms with Gasteiger partial charge >= 0.3 is 5.97 Å². The number of carbonyl (C=O) groups excluding carboxylic acids is 1. The third-order valence-corrected chi connectivity index (χ3v) is 4.09. The number of hydrogen-bond acceptors (Lipinski definition) is 6. The van der Waals surface area contributed by atoms with Gasteiger partial charge in [-0.15, -0.1) is 0 Å². The molecule has 8 nitrogen and oxygen atoms in total. The molecule has 0 radical (unpaired) electrons. The van der Waals surface area contributed by atoms with E-state index in [1.807, 2.05) is 0 Å². The van der Waals surface area contributed by atoms with Gasteiger partial charge in [0.2, 0.25) is 10.0 Å². The smallest absolute Gasteiger partial charge is 0.325 e. The van der Waals surface area contributed by atoms with Gasteiger partial charge in [-0.2, -0.15) is 5.10 Å². The van der Waals surface area contributed by atoms with Crippen molar-refractivity contribution < 1.29 is 17.9 Å². The van der Waals surface area contributed by atoms with E-state index in [-0.39, 0.29) is 6.54 Å². The Kier molecular flexibility index (Phi) is 5.23. The number of methoxy groups -OCH3 is 1. The minimum atomic E-state index is -3.68. The number of ether oxygens (including phenoxy) is 1. The molecule has 2 N–H and O–H groups in total. The van der Waals surface area contributed by atoms with Gasteiger partial charge < -0.3 is 4.74 Å². The van der Waals surface area contributed by atoms with Crippen LogP contribution < -0.4 is 4.72 Å². The summed E-state index contributed by atoms with van der Waals surface area (Å²) >= 11 is 0. The highest BCUT2D eigenvalue weighted by Gasteiger charge is 2.28. The first kappa shape index (κ1) is 14.6. The molecule has 0 aliphatic rings. The molecular formula is C9H16N4O4S. The van der Waals surface area contributed by atoms with E-state index < -0.39 is 21.2 Å². The number of H-pyrrole nitrogens is 1. The van der Waals surface area contributed by atoms with Crippen molar-refractivity contribution in [3.05, 3.63) is 12.2 Å². The maximum atomic E-state index is 11.6. The number of rotatable bonds is 7. The number of esters is 1. The highest BCUT2D eigenvalue weighted by molar-refractivity contribution is 7.90. The molecule has 0 saturated carbocycles. The van der Waals surface area contributed by atoms with Crippen molar-refractivity contribution in [1.82, 2.24) is 19.9 Å². The van der Waals surface area contributed by atoms with Crippen LogP contribution in [0.2, 0.25) is 0 Å². The first-order chi connectivity index (χ1) is 8.47. The molecule has 1 atom stereocenters. The van der Waals surface area contributed by atoms with Crippen molar-refractivity contribution in [2.75, 3.05) is 13.7 Å². The normalized spacial score (nSPS) is 13.2. The van der Waals surface area contributed by atoms with Crippen LogP contribution in [-0.4, -0.2) is 48.5 Å². The summed E-state index contributed by atoms with van der Waals surface area (Å²) < 4.78 is 30.0. The average Bonchev–Trinajstić information content (AvgIpc) is 2.85. The number of sulfonamides is 1. The standard InChI is InChI=1S/C9H16N4O4S/c1-7(9(14)17-2)18(15,16)12-5-3-4-8-10-6-11-13-8/h6-7,12H,3-5H2,1-2H3,(H,10,11,13). The van der Waals surface area contributed by atoms with E-state index in [0.717, 1.165) is 7.11 Å². The fourth-order valence-corrected chi connectivity index (χ4v) is 2.27. The van der Waals surface area contributed by atoms with Crippen molar-refractivity contribution in [2.45, 2.75) is 25.0 Å². The monoisotopic (exact) mass is 276 g/mol. The maximum Gasteiger partial charge on any atom is 0.325 e. The molecule has 1 rings (SSSR count). The third kappa shape index (κ3) is 4.08. The fourth-order valence-electron chi connectivity index (χ4n) is 1.24. The molecule has 9 heteroatoms. The van der Waals surface area contributed by atoms with Crippen molar-refractivity contribution >= 4 is 16.0 Å². The molecule has 0 aromatic carbocycles. The highest BCUT2D eigenvalue weighted by Crippen LogP contribution is 2.01. The first-order valence-corrected chi connectivity index (χ1v) is 6.92. The Morgan fingerprint density at radius 3 is 2.89 bits per heavy atom. The quantitative estimate of drug-likeness (QED) is 0.498. The molecule has 0 bridgehead atoms. The van der Waals surface area contributed by atoms with Crippen molar-refractivity contribution in [3.8, 4) is 0 Å². The molecule has 102 valence electrons. The summed E-state index contributed by atoms with van der Waals surface area (Å²) in [4.78, 5) is 15.0. The summed E-state index contributed by atoms with van der Waals surface area (Å²) in [6, 6.07) is 0. The fraction of sp³-hybridized carbons (Fsp3) is 0.667. The van der Waals surface area contributed by atoms with Crippen LogP contribution in [0.25, 0.3) is 0 Å². The van der Waals surface area contributed by atoms with Crippen molar-refractivity contribution in [1.29, 1.82) is 0 Å². The van der Waals surface area contributed by atoms with Gasteiger partial charge in [0.05, 0.1) is 7.11 Å². The van der Waals surface area contributed by atoms with Gasteiger partial charge in [0.25, 0.3) is 0 Å². The predicted octanol–water partition coefficient (Wildman–Crippen LogP) is -0.782. The second kappa shape index (κ2) is 6.45. The molecule has 0 fully saturated rings. The zero-order valence-corrected chi connectivity index (χ0v) is 11.0. The van der Waals surface area contributed by atoms with E-state index in [9.17, 15) is 13.2 Å². The zero-order chi connectivity index (χ0) is 13.6. The van der Waals surface area contributed by atoms with E-state index >= 15 is 0 Å². The van der Waals surface area contributed by atoms with Gasteiger partial charge in [-0.1, -0.05) is 0 Å². The average molecular weight is 276 g/mol. The highest BCUT2D eigenvalue weighted by atomic mass is 32.2. The van der Waals surface area contributed by atoms with E-state index in [4.69, 9.17) is 0 Å². The second-order valence-electron chi connectivity index (χ2n) is 3.64. The summed E-state index contributed by atoms with van der Waals surface area (Å²) in [5.74, 6) is -0.0899. The topological polar surface area (TPSA) is 114 Å². The number of carbonyl (C=O) groups is 1. The molecular weight excluding hydrogens is 260 g/mol. The minimum Gasteiger partial charge on any atom is -0.468 e. The Morgan fingerprint density at radius 1 is 1.61 bits per heavy atom. The summed E-state index contributed by atoms with van der Waals surface area (Å²) in [6.07, 6.45) is 2.52. The Labute approximate surface area is 105 Å². The second-order valence-corrected chi connectivity index (χ2v) is 5.73. The van der Waals surface area contributed by atoms with Gasteiger partial charge in [0.15, 0.2) is 5.25 Å². The Bertz CT molecular complexity index is 471. The number of aryl methyl sites for hydroxylation is 1. The molecule has 1 aromatic heterocycles. The predicted molar refractivity (Wildman–Crippen MR) is 63.1 cm³/mol. The SMILES string of the molecule is COC(=O)C(C)S(=O)(=O)NCCCc1ncn[nH]1. The number of aromatic nitrogens is 3. The lowest BCUT2D eigenvalue weighted by Gasteiger charge is -2.11. The molecule has 1 unspecified atom stereocenters. The Hall–Kier alpha value is -1.48. The lowest BCUT2D eigenvalue weighted by Crippen LogP contribution is -2.38. The summed E-state index contributed by atoms with van der Waals surface area (Å²) in [5, 5.41) is 5.13. The lowest BCUT2D eigenvalue weighted by atomic mass is 10.3. The van der Waals surface area contributed by atoms with E-state index in [2.05, 4.69) is 24.6 Å². The summed E-state index contributed by atoms with van der Waals surface area (Å²) in [5.41, 5.74) is 0. The van der Waals surface area contributed by atoms with Crippen LogP contribution in [0.1, 0.15) is 19.2 Å². The minimum absolute atomic E-state index is 0.227. The third-order valence-electron chi connectivity index (χ3n) is 2.36. The van der Waals surface area contributed by atoms with Gasteiger partial charge in [-0.25, -0.2) is 18.1 Å². The van der Waals surface area contributed by atoms with Gasteiger partial charge in [-0.05, 0) is 13.3 Å². The first-order valence-electron chi connectivity index (χ1n) is 5.38. The summed E-state index contributed by atoms with van der Waals surface area (Å²) in [7, 11) is -2.53. The number of hydrogen-bond donors (Lipinski definition) is 2. The molecule has 0 aliphatic heterocycles.